The summed E-state index contributed by atoms with van der Waals surface area (Å²) in [7, 11) is 0.492. The summed E-state index contributed by atoms with van der Waals surface area (Å²) in [6.07, 6.45) is 1.27. The highest BCUT2D eigenvalue weighted by molar-refractivity contribution is 7.92. The van der Waals surface area contributed by atoms with Gasteiger partial charge in [0.15, 0.2) is 11.6 Å². The van der Waals surface area contributed by atoms with Crippen LogP contribution in [-0.4, -0.2) is 50.6 Å². The minimum atomic E-state index is -3.92. The molecule has 0 atom stereocenters. The molecule has 9 nitrogen and oxygen atoms in total. The van der Waals surface area contributed by atoms with E-state index in [4.69, 9.17) is 4.74 Å². The van der Waals surface area contributed by atoms with Gasteiger partial charge >= 0.3 is 0 Å². The second-order valence-electron chi connectivity index (χ2n) is 7.13. The average Bonchev–Trinajstić information content (AvgIpc) is 3.18. The number of hydrogen-bond acceptors (Lipinski definition) is 6. The first-order chi connectivity index (χ1) is 15.1. The van der Waals surface area contributed by atoms with E-state index in [9.17, 15) is 18.0 Å². The van der Waals surface area contributed by atoms with Crippen molar-refractivity contribution in [1.82, 2.24) is 15.1 Å². The Labute approximate surface area is 186 Å². The van der Waals surface area contributed by atoms with Crippen molar-refractivity contribution in [3.63, 3.8) is 0 Å². The molecular formula is C22H24N4O5S. The number of Topliss-reactive ketones (excluding diaryl/α,β-unsaturated/α-hetero) is 1. The third-order valence-corrected chi connectivity index (χ3v) is 6.71. The SMILES string of the molecule is COc1ccc(C(=O)CNC(=O)c2cnn(C)c2N(C)S(=O)(=O)c2ccc(C)cc2)cc1. The van der Waals surface area contributed by atoms with Crippen LogP contribution in [-0.2, 0) is 17.1 Å². The number of ether oxygens (including phenoxy) is 1. The van der Waals surface area contributed by atoms with E-state index in [0.29, 0.717) is 11.3 Å². The van der Waals surface area contributed by atoms with Crippen LogP contribution < -0.4 is 14.4 Å². The zero-order valence-corrected chi connectivity index (χ0v) is 19.0. The summed E-state index contributed by atoms with van der Waals surface area (Å²) in [6, 6.07) is 12.9. The molecule has 0 saturated carbocycles. The van der Waals surface area contributed by atoms with Crippen molar-refractivity contribution in [3.05, 3.63) is 71.4 Å². The van der Waals surface area contributed by atoms with Crippen LogP contribution in [0.5, 0.6) is 5.75 Å². The van der Waals surface area contributed by atoms with E-state index in [1.807, 2.05) is 6.92 Å². The van der Waals surface area contributed by atoms with Crippen molar-refractivity contribution >= 4 is 27.5 Å². The van der Waals surface area contributed by atoms with E-state index in [2.05, 4.69) is 10.4 Å². The lowest BCUT2D eigenvalue weighted by Crippen LogP contribution is -2.33. The third-order valence-electron chi connectivity index (χ3n) is 4.95. The normalized spacial score (nSPS) is 11.1. The molecule has 3 aromatic rings. The number of benzene rings is 2. The second-order valence-corrected chi connectivity index (χ2v) is 9.09. The Balaban J connectivity index is 1.79. The summed E-state index contributed by atoms with van der Waals surface area (Å²) in [5, 5.41) is 6.57. The van der Waals surface area contributed by atoms with Crippen LogP contribution in [0.3, 0.4) is 0 Å². The van der Waals surface area contributed by atoms with Crippen molar-refractivity contribution < 1.29 is 22.7 Å². The zero-order valence-electron chi connectivity index (χ0n) is 18.2. The summed E-state index contributed by atoms with van der Waals surface area (Å²) in [6.45, 7) is 1.60. The fraction of sp³-hybridized carbons (Fsp3) is 0.227. The highest BCUT2D eigenvalue weighted by atomic mass is 32.2. The van der Waals surface area contributed by atoms with E-state index in [1.165, 1.54) is 44.2 Å². The number of carbonyl (C=O) groups is 2. The summed E-state index contributed by atoms with van der Waals surface area (Å²) in [5.74, 6) is -0.212. The molecule has 0 unspecified atom stereocenters. The predicted octanol–water partition coefficient (Wildman–Crippen LogP) is 2.17. The number of sulfonamides is 1. The van der Waals surface area contributed by atoms with Crippen LogP contribution in [0.25, 0.3) is 0 Å². The molecule has 2 aromatic carbocycles. The number of methoxy groups -OCH3 is 1. The quantitative estimate of drug-likeness (QED) is 0.520. The number of hydrogen-bond donors (Lipinski definition) is 1. The molecule has 0 saturated heterocycles. The number of anilines is 1. The number of nitrogens with zero attached hydrogens (tertiary/aromatic N) is 3. The first-order valence-electron chi connectivity index (χ1n) is 9.68. The molecule has 0 fully saturated rings. The molecule has 1 amide bonds. The Morgan fingerprint density at radius 1 is 1.09 bits per heavy atom. The molecule has 32 heavy (non-hydrogen) atoms. The minimum Gasteiger partial charge on any atom is -0.497 e. The van der Waals surface area contributed by atoms with Gasteiger partial charge in [0.05, 0.1) is 24.7 Å². The topological polar surface area (TPSA) is 111 Å². The molecule has 0 aliphatic heterocycles. The number of nitrogens with one attached hydrogen (secondary N) is 1. The molecule has 0 radical (unpaired) electrons. The Morgan fingerprint density at radius 2 is 1.72 bits per heavy atom. The lowest BCUT2D eigenvalue weighted by Gasteiger charge is -2.21. The number of ketones is 1. The van der Waals surface area contributed by atoms with Crippen molar-refractivity contribution in [1.29, 1.82) is 0 Å². The summed E-state index contributed by atoms with van der Waals surface area (Å²) < 4.78 is 33.5. The predicted molar refractivity (Wildman–Crippen MR) is 120 cm³/mol. The Hall–Kier alpha value is -3.66. The van der Waals surface area contributed by atoms with E-state index in [0.717, 1.165) is 9.87 Å². The van der Waals surface area contributed by atoms with Crippen molar-refractivity contribution in [3.8, 4) is 5.75 Å². The minimum absolute atomic E-state index is 0.0354. The number of aromatic nitrogens is 2. The van der Waals surface area contributed by atoms with Gasteiger partial charge in [0, 0.05) is 19.7 Å². The Kier molecular flexibility index (Phi) is 6.64. The monoisotopic (exact) mass is 456 g/mol. The Bertz CT molecular complexity index is 1230. The molecule has 0 aliphatic rings. The summed E-state index contributed by atoms with van der Waals surface area (Å²) in [4.78, 5) is 25.3. The maximum Gasteiger partial charge on any atom is 0.265 e. The Morgan fingerprint density at radius 3 is 2.31 bits per heavy atom. The van der Waals surface area contributed by atoms with Gasteiger partial charge in [-0.2, -0.15) is 5.10 Å². The number of amides is 1. The van der Waals surface area contributed by atoms with Gasteiger partial charge in [-0.15, -0.1) is 0 Å². The molecule has 0 aliphatic carbocycles. The van der Waals surface area contributed by atoms with Gasteiger partial charge in [-0.05, 0) is 43.3 Å². The molecule has 0 bridgehead atoms. The van der Waals surface area contributed by atoms with Gasteiger partial charge < -0.3 is 10.1 Å². The zero-order chi connectivity index (χ0) is 23.5. The standard InChI is InChI=1S/C22H24N4O5S/c1-15-5-11-18(12-6-15)32(29,30)26(3)22-19(13-24-25(22)2)21(28)23-14-20(27)16-7-9-17(31-4)10-8-16/h5-13H,14H2,1-4H3,(H,23,28). The average molecular weight is 457 g/mol. The summed E-state index contributed by atoms with van der Waals surface area (Å²) in [5.41, 5.74) is 1.37. The molecule has 1 heterocycles. The van der Waals surface area contributed by atoms with Crippen molar-refractivity contribution in [2.75, 3.05) is 25.0 Å². The van der Waals surface area contributed by atoms with Gasteiger partial charge in [0.1, 0.15) is 11.3 Å². The lowest BCUT2D eigenvalue weighted by atomic mass is 10.1. The highest BCUT2D eigenvalue weighted by Gasteiger charge is 2.28. The van der Waals surface area contributed by atoms with Crippen LogP contribution >= 0.6 is 0 Å². The molecule has 0 spiro atoms. The highest BCUT2D eigenvalue weighted by Crippen LogP contribution is 2.25. The van der Waals surface area contributed by atoms with Crippen LogP contribution in [0.1, 0.15) is 26.3 Å². The van der Waals surface area contributed by atoms with Crippen molar-refractivity contribution in [2.24, 2.45) is 7.05 Å². The van der Waals surface area contributed by atoms with Crippen molar-refractivity contribution in [2.45, 2.75) is 11.8 Å². The van der Waals surface area contributed by atoms with Crippen LogP contribution in [0.4, 0.5) is 5.82 Å². The lowest BCUT2D eigenvalue weighted by molar-refractivity contribution is 0.0904. The van der Waals surface area contributed by atoms with Gasteiger partial charge in [-0.3, -0.25) is 18.6 Å². The number of carbonyl (C=O) groups excluding carboxylic acids is 2. The van der Waals surface area contributed by atoms with Crippen LogP contribution in [0.15, 0.2) is 59.6 Å². The smallest absolute Gasteiger partial charge is 0.265 e. The molecule has 168 valence electrons. The first-order valence-corrected chi connectivity index (χ1v) is 11.1. The fourth-order valence-corrected chi connectivity index (χ4v) is 4.32. The van der Waals surface area contributed by atoms with E-state index in [-0.39, 0.29) is 28.6 Å². The van der Waals surface area contributed by atoms with E-state index >= 15 is 0 Å². The fourth-order valence-electron chi connectivity index (χ4n) is 3.08. The van der Waals surface area contributed by atoms with Gasteiger partial charge in [-0.1, -0.05) is 17.7 Å². The van der Waals surface area contributed by atoms with Crippen LogP contribution in [0, 0.1) is 6.92 Å². The van der Waals surface area contributed by atoms with E-state index < -0.39 is 15.9 Å². The van der Waals surface area contributed by atoms with E-state index in [1.54, 1.807) is 36.4 Å². The number of aryl methyl sites for hydroxylation is 2. The molecule has 1 N–H and O–H groups in total. The van der Waals surface area contributed by atoms with Gasteiger partial charge in [-0.25, -0.2) is 8.42 Å². The molecule has 1 aromatic heterocycles. The largest absolute Gasteiger partial charge is 0.497 e. The summed E-state index contributed by atoms with van der Waals surface area (Å²) >= 11 is 0. The van der Waals surface area contributed by atoms with Gasteiger partial charge in [0.25, 0.3) is 15.9 Å². The van der Waals surface area contributed by atoms with Gasteiger partial charge in [0.2, 0.25) is 0 Å². The third kappa shape index (κ3) is 4.65. The maximum absolute atomic E-state index is 13.1. The molecule has 10 heteroatoms. The first kappa shape index (κ1) is 23.0. The maximum atomic E-state index is 13.1. The molecule has 3 rings (SSSR count). The second kappa shape index (κ2) is 9.23. The van der Waals surface area contributed by atoms with Crippen LogP contribution in [0.2, 0.25) is 0 Å². The number of rotatable bonds is 8. The molecular weight excluding hydrogens is 432 g/mol.